The molecule has 0 atom stereocenters. The fourth-order valence-electron chi connectivity index (χ4n) is 2.60. The maximum atomic E-state index is 6.23. The van der Waals surface area contributed by atoms with Gasteiger partial charge < -0.3 is 9.30 Å². The minimum atomic E-state index is 0.596. The van der Waals surface area contributed by atoms with Gasteiger partial charge in [0.05, 0.1) is 18.7 Å². The predicted molar refractivity (Wildman–Crippen MR) is 76.6 cm³/mol. The summed E-state index contributed by atoms with van der Waals surface area (Å²) >= 11 is 6.23. The first-order valence-corrected chi connectivity index (χ1v) is 6.94. The fraction of sp³-hybridized carbons (Fsp3) is 0.500. The summed E-state index contributed by atoms with van der Waals surface area (Å²) in [6.07, 6.45) is 0. The maximum absolute atomic E-state index is 6.23. The van der Waals surface area contributed by atoms with Crippen molar-refractivity contribution >= 4 is 22.5 Å². The molecule has 0 radical (unpaired) electrons. The van der Waals surface area contributed by atoms with Crippen molar-refractivity contribution in [2.75, 3.05) is 26.3 Å². The van der Waals surface area contributed by atoms with Gasteiger partial charge in [-0.1, -0.05) is 11.6 Å². The van der Waals surface area contributed by atoms with Crippen molar-refractivity contribution in [2.24, 2.45) is 7.05 Å². The van der Waals surface area contributed by atoms with E-state index in [0.29, 0.717) is 5.15 Å². The summed E-state index contributed by atoms with van der Waals surface area (Å²) in [6, 6.07) is 4.24. The van der Waals surface area contributed by atoms with Gasteiger partial charge in [-0.3, -0.25) is 4.90 Å². The van der Waals surface area contributed by atoms with Crippen LogP contribution in [0.5, 0.6) is 0 Å². The Balaban J connectivity index is 1.95. The van der Waals surface area contributed by atoms with Gasteiger partial charge in [0.15, 0.2) is 0 Å². The van der Waals surface area contributed by atoms with Crippen LogP contribution in [0.25, 0.3) is 10.9 Å². The van der Waals surface area contributed by atoms with E-state index in [-0.39, 0.29) is 0 Å². The highest BCUT2D eigenvalue weighted by Crippen LogP contribution is 2.26. The Morgan fingerprint density at radius 2 is 2.05 bits per heavy atom. The standard InChI is InChI=1S/C14H18ClN3O/c1-10-7-13-12(14(15)16-10)8-11(17(13)2)9-18-3-5-19-6-4-18/h7-8H,3-6,9H2,1-2H3. The van der Waals surface area contributed by atoms with Gasteiger partial charge in [-0.2, -0.15) is 0 Å². The number of aryl methyl sites for hydroxylation is 2. The average Bonchev–Trinajstić information content (AvgIpc) is 2.69. The predicted octanol–water partition coefficient (Wildman–Crippen LogP) is 2.37. The number of nitrogens with zero attached hydrogens (tertiary/aromatic N) is 3. The molecule has 5 heteroatoms. The zero-order valence-corrected chi connectivity index (χ0v) is 12.1. The Morgan fingerprint density at radius 1 is 1.32 bits per heavy atom. The van der Waals surface area contributed by atoms with Crippen LogP contribution < -0.4 is 0 Å². The number of morpholine rings is 1. The Morgan fingerprint density at radius 3 is 2.79 bits per heavy atom. The van der Waals surface area contributed by atoms with Gasteiger partial charge in [0.1, 0.15) is 5.15 Å². The zero-order valence-electron chi connectivity index (χ0n) is 11.3. The van der Waals surface area contributed by atoms with Crippen LogP contribution in [0.2, 0.25) is 5.15 Å². The number of rotatable bonds is 2. The molecule has 3 heterocycles. The highest BCUT2D eigenvalue weighted by molar-refractivity contribution is 6.34. The summed E-state index contributed by atoms with van der Waals surface area (Å²) in [4.78, 5) is 6.73. The molecule has 1 saturated heterocycles. The smallest absolute Gasteiger partial charge is 0.138 e. The van der Waals surface area contributed by atoms with Crippen molar-refractivity contribution in [3.05, 3.63) is 28.7 Å². The SMILES string of the molecule is Cc1cc2c(cc(CN3CCOCC3)n2C)c(Cl)n1. The highest BCUT2D eigenvalue weighted by Gasteiger charge is 2.15. The molecule has 0 bridgehead atoms. The van der Waals surface area contributed by atoms with Crippen LogP contribution in [-0.2, 0) is 18.3 Å². The summed E-state index contributed by atoms with van der Waals surface area (Å²) in [7, 11) is 2.09. The van der Waals surface area contributed by atoms with E-state index in [1.165, 1.54) is 5.69 Å². The second-order valence-electron chi connectivity index (χ2n) is 5.07. The lowest BCUT2D eigenvalue weighted by Gasteiger charge is -2.26. The van der Waals surface area contributed by atoms with Crippen molar-refractivity contribution < 1.29 is 4.74 Å². The minimum absolute atomic E-state index is 0.596. The summed E-state index contributed by atoms with van der Waals surface area (Å²) in [5, 5.41) is 1.64. The molecule has 0 spiro atoms. The van der Waals surface area contributed by atoms with Crippen molar-refractivity contribution in [1.29, 1.82) is 0 Å². The molecule has 4 nitrogen and oxygen atoms in total. The van der Waals surface area contributed by atoms with Gasteiger partial charge in [-0.15, -0.1) is 0 Å². The lowest BCUT2D eigenvalue weighted by molar-refractivity contribution is 0.0333. The van der Waals surface area contributed by atoms with Gasteiger partial charge >= 0.3 is 0 Å². The van der Waals surface area contributed by atoms with Crippen molar-refractivity contribution in [2.45, 2.75) is 13.5 Å². The molecular weight excluding hydrogens is 262 g/mol. The molecule has 1 aliphatic rings. The molecule has 0 N–H and O–H groups in total. The van der Waals surface area contributed by atoms with Crippen molar-refractivity contribution in [3.63, 3.8) is 0 Å². The van der Waals surface area contributed by atoms with Crippen LogP contribution in [0.3, 0.4) is 0 Å². The molecule has 19 heavy (non-hydrogen) atoms. The Bertz CT molecular complexity index is 602. The first kappa shape index (κ1) is 12.9. The number of halogens is 1. The Hall–Kier alpha value is -1.10. The first-order valence-electron chi connectivity index (χ1n) is 6.56. The quantitative estimate of drug-likeness (QED) is 0.791. The summed E-state index contributed by atoms with van der Waals surface area (Å²) in [5.41, 5.74) is 3.38. The normalized spacial score (nSPS) is 17.2. The number of aromatic nitrogens is 2. The van der Waals surface area contributed by atoms with Gasteiger partial charge in [0, 0.05) is 43.5 Å². The largest absolute Gasteiger partial charge is 0.379 e. The fourth-order valence-corrected chi connectivity index (χ4v) is 2.88. The number of ether oxygens (including phenoxy) is 1. The van der Waals surface area contributed by atoms with E-state index in [1.54, 1.807) is 0 Å². The molecule has 2 aromatic heterocycles. The third-order valence-corrected chi connectivity index (χ3v) is 4.00. The molecule has 3 rings (SSSR count). The minimum Gasteiger partial charge on any atom is -0.379 e. The molecule has 1 fully saturated rings. The van der Waals surface area contributed by atoms with E-state index in [0.717, 1.165) is 49.4 Å². The van der Waals surface area contributed by atoms with E-state index in [1.807, 2.05) is 6.92 Å². The topological polar surface area (TPSA) is 30.3 Å². The van der Waals surface area contributed by atoms with E-state index in [9.17, 15) is 0 Å². The summed E-state index contributed by atoms with van der Waals surface area (Å²) < 4.78 is 7.60. The molecular formula is C14H18ClN3O. The number of hydrogen-bond acceptors (Lipinski definition) is 3. The third-order valence-electron chi connectivity index (χ3n) is 3.71. The Kier molecular flexibility index (Phi) is 3.48. The van der Waals surface area contributed by atoms with E-state index in [2.05, 4.69) is 33.6 Å². The second-order valence-corrected chi connectivity index (χ2v) is 5.43. The van der Waals surface area contributed by atoms with Crippen LogP contribution in [0.4, 0.5) is 0 Å². The maximum Gasteiger partial charge on any atom is 0.138 e. The second kappa shape index (κ2) is 5.12. The van der Waals surface area contributed by atoms with Gasteiger partial charge in [0.2, 0.25) is 0 Å². The molecule has 0 amide bonds. The van der Waals surface area contributed by atoms with Crippen LogP contribution >= 0.6 is 11.6 Å². The number of fused-ring (bicyclic) bond motifs is 1. The van der Waals surface area contributed by atoms with E-state index in [4.69, 9.17) is 16.3 Å². The average molecular weight is 280 g/mol. The van der Waals surface area contributed by atoms with E-state index >= 15 is 0 Å². The molecule has 102 valence electrons. The van der Waals surface area contributed by atoms with Gasteiger partial charge in [0.25, 0.3) is 0 Å². The molecule has 0 unspecified atom stereocenters. The van der Waals surface area contributed by atoms with Crippen molar-refractivity contribution in [3.8, 4) is 0 Å². The lowest BCUT2D eigenvalue weighted by Crippen LogP contribution is -2.36. The van der Waals surface area contributed by atoms with Gasteiger partial charge in [-0.25, -0.2) is 4.98 Å². The van der Waals surface area contributed by atoms with Crippen LogP contribution in [0.15, 0.2) is 12.1 Å². The molecule has 2 aromatic rings. The lowest BCUT2D eigenvalue weighted by atomic mass is 10.3. The van der Waals surface area contributed by atoms with Crippen molar-refractivity contribution in [1.82, 2.24) is 14.5 Å². The summed E-state index contributed by atoms with van der Waals surface area (Å²) in [6.45, 7) is 6.54. The first-order chi connectivity index (χ1) is 9.15. The van der Waals surface area contributed by atoms with Gasteiger partial charge in [-0.05, 0) is 19.1 Å². The molecule has 0 aromatic carbocycles. The van der Waals surface area contributed by atoms with Crippen LogP contribution in [0.1, 0.15) is 11.4 Å². The summed E-state index contributed by atoms with van der Waals surface area (Å²) in [5.74, 6) is 0. The van der Waals surface area contributed by atoms with Crippen LogP contribution in [0, 0.1) is 6.92 Å². The zero-order chi connectivity index (χ0) is 13.4. The highest BCUT2D eigenvalue weighted by atomic mass is 35.5. The molecule has 0 aliphatic carbocycles. The Labute approximate surface area is 117 Å². The monoisotopic (exact) mass is 279 g/mol. The third kappa shape index (κ3) is 2.48. The molecule has 1 aliphatic heterocycles. The number of hydrogen-bond donors (Lipinski definition) is 0. The molecule has 0 saturated carbocycles. The number of pyridine rings is 1. The van der Waals surface area contributed by atoms with Crippen LogP contribution in [-0.4, -0.2) is 40.8 Å². The van der Waals surface area contributed by atoms with E-state index < -0.39 is 0 Å².